The van der Waals surface area contributed by atoms with Gasteiger partial charge in [0, 0.05) is 31.7 Å². The number of nitrogens with zero attached hydrogens (tertiary/aromatic N) is 1. The van der Waals surface area contributed by atoms with E-state index >= 15 is 0 Å². The largest absolute Gasteiger partial charge is 0.493 e. The first-order valence-corrected chi connectivity index (χ1v) is 16.5. The monoisotopic (exact) mass is 712 g/mol. The van der Waals surface area contributed by atoms with E-state index in [1.807, 2.05) is 4.90 Å². The molecular formula is C32H45IN2O8. The van der Waals surface area contributed by atoms with Gasteiger partial charge in [0.2, 0.25) is 11.8 Å². The lowest BCUT2D eigenvalue weighted by molar-refractivity contribution is -0.151. The average molecular weight is 713 g/mol. The second-order valence-corrected chi connectivity index (χ2v) is 14.2. The minimum absolute atomic E-state index is 0.0453. The zero-order valence-electron chi connectivity index (χ0n) is 25.3. The third-order valence-corrected chi connectivity index (χ3v) is 11.1. The molecule has 6 rings (SSSR count). The molecule has 4 N–H and O–H groups in total. The second-order valence-electron chi connectivity index (χ2n) is 13.0. The zero-order chi connectivity index (χ0) is 30.9. The maximum atomic E-state index is 14.2. The summed E-state index contributed by atoms with van der Waals surface area (Å²) in [7, 11) is 1.50. The van der Waals surface area contributed by atoms with E-state index in [9.17, 15) is 24.9 Å². The van der Waals surface area contributed by atoms with Crippen molar-refractivity contribution in [1.82, 2.24) is 10.2 Å². The maximum absolute atomic E-state index is 14.2. The van der Waals surface area contributed by atoms with Crippen molar-refractivity contribution in [3.05, 3.63) is 32.9 Å². The Bertz CT molecular complexity index is 1210. The van der Waals surface area contributed by atoms with Crippen molar-refractivity contribution >= 4 is 34.4 Å². The van der Waals surface area contributed by atoms with E-state index in [4.69, 9.17) is 14.2 Å². The summed E-state index contributed by atoms with van der Waals surface area (Å²) in [6.45, 7) is 5.77. The van der Waals surface area contributed by atoms with Crippen molar-refractivity contribution < 1.29 is 39.1 Å². The molecule has 10 nitrogen and oxygen atoms in total. The van der Waals surface area contributed by atoms with Crippen molar-refractivity contribution in [2.45, 2.75) is 70.8 Å². The molecule has 4 aliphatic carbocycles. The van der Waals surface area contributed by atoms with Crippen LogP contribution in [0.2, 0.25) is 0 Å². The summed E-state index contributed by atoms with van der Waals surface area (Å²) in [6, 6.07) is 2.75. The molecule has 1 saturated heterocycles. The smallest absolute Gasteiger partial charge is 0.247 e. The molecule has 0 radical (unpaired) electrons. The van der Waals surface area contributed by atoms with Gasteiger partial charge in [-0.3, -0.25) is 9.59 Å². The van der Waals surface area contributed by atoms with Gasteiger partial charge < -0.3 is 39.7 Å². The van der Waals surface area contributed by atoms with Crippen LogP contribution in [-0.2, 0) is 20.9 Å². The van der Waals surface area contributed by atoms with E-state index in [1.165, 1.54) is 13.5 Å². The number of benzene rings is 1. The molecule has 4 fully saturated rings. The number of halogens is 1. The van der Waals surface area contributed by atoms with E-state index in [-0.39, 0.29) is 49.3 Å². The minimum atomic E-state index is -1.12. The van der Waals surface area contributed by atoms with Crippen molar-refractivity contribution in [3.8, 4) is 11.5 Å². The molecule has 1 heterocycles. The minimum Gasteiger partial charge on any atom is -0.493 e. The Kier molecular flexibility index (Phi) is 10.3. The second kappa shape index (κ2) is 13.6. The highest BCUT2D eigenvalue weighted by molar-refractivity contribution is 14.1. The van der Waals surface area contributed by atoms with E-state index in [1.54, 1.807) is 18.2 Å². The lowest BCUT2D eigenvalue weighted by atomic mass is 9.45. The molecule has 1 unspecified atom stereocenters. The van der Waals surface area contributed by atoms with Gasteiger partial charge in [0.15, 0.2) is 11.5 Å². The summed E-state index contributed by atoms with van der Waals surface area (Å²) in [5, 5.41) is 33.7. The lowest BCUT2D eigenvalue weighted by Crippen LogP contribution is -2.60. The predicted molar refractivity (Wildman–Crippen MR) is 167 cm³/mol. The normalized spacial score (nSPS) is 31.0. The first-order chi connectivity index (χ1) is 20.6. The Labute approximate surface area is 267 Å². The number of ether oxygens (including phenoxy) is 3. The van der Waals surface area contributed by atoms with Gasteiger partial charge in [-0.25, -0.2) is 0 Å². The summed E-state index contributed by atoms with van der Waals surface area (Å²) in [5.74, 6) is 1.61. The molecule has 7 atom stereocenters. The molecule has 238 valence electrons. The number of rotatable bonds is 11. The highest BCUT2D eigenvalue weighted by Crippen LogP contribution is 2.61. The fourth-order valence-corrected chi connectivity index (χ4v) is 8.47. The van der Waals surface area contributed by atoms with E-state index < -0.39 is 18.2 Å². The van der Waals surface area contributed by atoms with Gasteiger partial charge in [0.05, 0.1) is 42.5 Å². The van der Waals surface area contributed by atoms with Gasteiger partial charge in [-0.1, -0.05) is 13.8 Å². The number of carbonyl (C=O) groups excluding carboxylic acids is 2. The molecule has 1 aliphatic heterocycles. The summed E-state index contributed by atoms with van der Waals surface area (Å²) >= 11 is 2.10. The topological polar surface area (TPSA) is 138 Å². The number of hydrogen-bond acceptors (Lipinski definition) is 8. The Morgan fingerprint density at radius 1 is 1.21 bits per heavy atom. The Morgan fingerprint density at radius 2 is 2.00 bits per heavy atom. The summed E-state index contributed by atoms with van der Waals surface area (Å²) in [5.41, 5.74) is 1.27. The number of carbonyl (C=O) groups is 2. The highest BCUT2D eigenvalue weighted by Gasteiger charge is 2.55. The van der Waals surface area contributed by atoms with Crippen LogP contribution >= 0.6 is 22.6 Å². The molecule has 2 bridgehead atoms. The first-order valence-electron chi connectivity index (χ1n) is 15.4. The molecule has 0 spiro atoms. The number of hydrogen-bond donors (Lipinski definition) is 4. The Balaban J connectivity index is 1.49. The molecule has 3 saturated carbocycles. The van der Waals surface area contributed by atoms with Gasteiger partial charge >= 0.3 is 0 Å². The van der Waals surface area contributed by atoms with E-state index in [2.05, 4.69) is 41.8 Å². The quantitative estimate of drug-likeness (QED) is 0.257. The fraction of sp³-hybridized carbons (Fsp3) is 0.688. The standard InChI is InChI=1S/C32H45IN2O8/c1-32(2)22-5-4-19(23(32)14-22)15-35(31(40)20-6-9-42-17-20)25-12-21(30(39)34-7-8-36)13-26(28(25)38)43-29-24(33)10-18(16-37)11-27(29)41-3/h10-11,13,19-20,22-23,25-26,28,36-38H,4-9,12,14-17H2,1-3H3,(H,34,39)/t19-,20?,22-,23-,25+,26-,28-/m0/s1. The van der Waals surface area contributed by atoms with Crippen molar-refractivity contribution in [2.75, 3.05) is 40.0 Å². The molecule has 11 heteroatoms. The van der Waals surface area contributed by atoms with Crippen LogP contribution in [0.1, 0.15) is 51.5 Å². The fourth-order valence-electron chi connectivity index (χ4n) is 7.68. The van der Waals surface area contributed by atoms with Crippen LogP contribution < -0.4 is 14.8 Å². The zero-order valence-corrected chi connectivity index (χ0v) is 27.4. The summed E-state index contributed by atoms with van der Waals surface area (Å²) < 4.78 is 18.2. The Morgan fingerprint density at radius 3 is 2.63 bits per heavy atom. The number of methoxy groups -OCH3 is 1. The predicted octanol–water partition coefficient (Wildman–Crippen LogP) is 2.65. The number of nitrogens with one attached hydrogen (secondary N) is 1. The van der Waals surface area contributed by atoms with Crippen LogP contribution in [0.3, 0.4) is 0 Å². The SMILES string of the molecule is COc1cc(CO)cc(I)c1O[C@H]1C=C(C(=O)NCCO)C[C@@H](N(C[C@@H]2CC[C@H]3C[C@@H]2C3(C)C)C(=O)C2CCOC2)[C@@H]1O. The van der Waals surface area contributed by atoms with Crippen LogP contribution in [-0.4, -0.2) is 90.3 Å². The van der Waals surface area contributed by atoms with Crippen LogP contribution in [0.5, 0.6) is 11.5 Å². The van der Waals surface area contributed by atoms with Gasteiger partial charge in [-0.15, -0.1) is 0 Å². The molecule has 2 amide bonds. The van der Waals surface area contributed by atoms with E-state index in [0.29, 0.717) is 64.2 Å². The van der Waals surface area contributed by atoms with Crippen molar-refractivity contribution in [1.29, 1.82) is 0 Å². The van der Waals surface area contributed by atoms with Gasteiger partial charge in [-0.05, 0) is 95.2 Å². The van der Waals surface area contributed by atoms with Gasteiger partial charge in [-0.2, -0.15) is 0 Å². The summed E-state index contributed by atoms with van der Waals surface area (Å²) in [4.78, 5) is 29.3. The molecule has 1 aromatic carbocycles. The van der Waals surface area contributed by atoms with E-state index in [0.717, 1.165) is 18.8 Å². The molecular weight excluding hydrogens is 667 g/mol. The number of aliphatic hydroxyl groups excluding tert-OH is 3. The van der Waals surface area contributed by atoms with Crippen molar-refractivity contribution in [3.63, 3.8) is 0 Å². The number of amides is 2. The van der Waals surface area contributed by atoms with Crippen LogP contribution in [0, 0.1) is 32.7 Å². The third kappa shape index (κ3) is 6.56. The van der Waals surface area contributed by atoms with Crippen LogP contribution in [0.15, 0.2) is 23.8 Å². The van der Waals surface area contributed by atoms with Crippen LogP contribution in [0.25, 0.3) is 0 Å². The molecule has 43 heavy (non-hydrogen) atoms. The highest BCUT2D eigenvalue weighted by atomic mass is 127. The van der Waals surface area contributed by atoms with Gasteiger partial charge in [0.1, 0.15) is 12.2 Å². The third-order valence-electron chi connectivity index (χ3n) is 10.3. The number of aliphatic hydroxyl groups is 3. The molecule has 1 aromatic rings. The summed E-state index contributed by atoms with van der Waals surface area (Å²) in [6.07, 6.45) is 3.68. The number of fused-ring (bicyclic) bond motifs is 2. The first kappa shape index (κ1) is 32.5. The molecule has 0 aromatic heterocycles. The maximum Gasteiger partial charge on any atom is 0.247 e. The lowest BCUT2D eigenvalue weighted by Gasteiger charge is -2.61. The average Bonchev–Trinajstić information content (AvgIpc) is 3.55. The Hall–Kier alpha value is -1.93. The van der Waals surface area contributed by atoms with Gasteiger partial charge in [0.25, 0.3) is 0 Å². The van der Waals surface area contributed by atoms with Crippen LogP contribution in [0.4, 0.5) is 0 Å². The van der Waals surface area contributed by atoms with Crippen molar-refractivity contribution in [2.24, 2.45) is 29.1 Å². The molecule has 5 aliphatic rings.